The lowest BCUT2D eigenvalue weighted by Crippen LogP contribution is -1.96. The Labute approximate surface area is 341 Å². The zero-order valence-electron chi connectivity index (χ0n) is 32.0. The van der Waals surface area contributed by atoms with Crippen LogP contribution < -0.4 is 0 Å². The van der Waals surface area contributed by atoms with E-state index in [2.05, 4.69) is 205 Å². The summed E-state index contributed by atoms with van der Waals surface area (Å²) < 4.78 is 2.41. The summed E-state index contributed by atoms with van der Waals surface area (Å²) in [5.41, 5.74) is 10.8. The summed E-state index contributed by atoms with van der Waals surface area (Å²) in [5.74, 6) is 0.703. The second kappa shape index (κ2) is 13.4. The number of nitrogens with zero attached hydrogens (tertiary/aromatic N) is 3. The maximum atomic E-state index is 5.22. The molecule has 12 rings (SSSR count). The van der Waals surface area contributed by atoms with Crippen LogP contribution in [0.1, 0.15) is 0 Å². The van der Waals surface area contributed by atoms with E-state index >= 15 is 0 Å². The molecule has 3 heteroatoms. The molecule has 0 aliphatic heterocycles. The van der Waals surface area contributed by atoms with Gasteiger partial charge in [0.05, 0.1) is 22.4 Å². The molecule has 0 atom stereocenters. The largest absolute Gasteiger partial charge is 0.309 e. The van der Waals surface area contributed by atoms with Gasteiger partial charge in [-0.05, 0) is 96.7 Å². The van der Waals surface area contributed by atoms with E-state index in [1.165, 1.54) is 76.0 Å². The minimum atomic E-state index is 0.703. The van der Waals surface area contributed by atoms with Crippen LogP contribution >= 0.6 is 0 Å². The number of hydrogen-bond donors (Lipinski definition) is 0. The van der Waals surface area contributed by atoms with Gasteiger partial charge in [0.2, 0.25) is 0 Å². The van der Waals surface area contributed by atoms with Gasteiger partial charge in [0.15, 0.2) is 5.82 Å². The van der Waals surface area contributed by atoms with Crippen molar-refractivity contribution in [3.63, 3.8) is 0 Å². The maximum Gasteiger partial charge on any atom is 0.160 e. The minimum absolute atomic E-state index is 0.703. The number of fused-ring (bicyclic) bond motifs is 10. The fourth-order valence-electron chi connectivity index (χ4n) is 9.21. The summed E-state index contributed by atoms with van der Waals surface area (Å²) in [4.78, 5) is 10.4. The van der Waals surface area contributed by atoms with E-state index in [-0.39, 0.29) is 0 Å². The average molecular weight is 750 g/mol. The van der Waals surface area contributed by atoms with Crippen LogP contribution in [0.4, 0.5) is 0 Å². The lowest BCUT2D eigenvalue weighted by atomic mass is 9.88. The Balaban J connectivity index is 1.10. The fraction of sp³-hybridized carbons (Fsp3) is 0. The van der Waals surface area contributed by atoms with Gasteiger partial charge >= 0.3 is 0 Å². The number of aromatic nitrogens is 3. The molecule has 0 aliphatic carbocycles. The zero-order chi connectivity index (χ0) is 38.9. The normalized spacial score (nSPS) is 11.7. The molecule has 0 N–H and O–H groups in total. The number of benzene rings is 10. The van der Waals surface area contributed by atoms with Crippen LogP contribution in [0.2, 0.25) is 0 Å². The highest BCUT2D eigenvalue weighted by Gasteiger charge is 2.18. The van der Waals surface area contributed by atoms with E-state index in [0.717, 1.165) is 33.8 Å². The molecule has 0 amide bonds. The third-order valence-electron chi connectivity index (χ3n) is 12.0. The molecule has 0 spiro atoms. The molecular formula is C56H35N3. The fourth-order valence-corrected chi connectivity index (χ4v) is 9.21. The highest BCUT2D eigenvalue weighted by Crippen LogP contribution is 2.43. The predicted molar refractivity (Wildman–Crippen MR) is 248 cm³/mol. The number of hydrogen-bond acceptors (Lipinski definition) is 2. The highest BCUT2D eigenvalue weighted by molar-refractivity contribution is 6.29. The summed E-state index contributed by atoms with van der Waals surface area (Å²) in [5, 5.41) is 12.3. The smallest absolute Gasteiger partial charge is 0.160 e. The topological polar surface area (TPSA) is 30.7 Å². The van der Waals surface area contributed by atoms with Crippen molar-refractivity contribution in [3.8, 4) is 50.7 Å². The summed E-state index contributed by atoms with van der Waals surface area (Å²) >= 11 is 0. The van der Waals surface area contributed by atoms with Gasteiger partial charge in [-0.15, -0.1) is 0 Å². The van der Waals surface area contributed by atoms with Crippen molar-refractivity contribution in [2.75, 3.05) is 0 Å². The first-order valence-electron chi connectivity index (χ1n) is 20.2. The van der Waals surface area contributed by atoms with Crippen molar-refractivity contribution in [1.29, 1.82) is 0 Å². The first kappa shape index (κ1) is 33.3. The quantitative estimate of drug-likeness (QED) is 0.164. The second-order valence-corrected chi connectivity index (χ2v) is 15.3. The van der Waals surface area contributed by atoms with Crippen molar-refractivity contribution in [2.24, 2.45) is 0 Å². The van der Waals surface area contributed by atoms with E-state index in [1.807, 2.05) is 12.1 Å². The molecule has 0 bridgehead atoms. The minimum Gasteiger partial charge on any atom is -0.309 e. The van der Waals surface area contributed by atoms with Gasteiger partial charge in [-0.1, -0.05) is 170 Å². The standard InChI is InChI=1S/C56H35N3/c1-3-15-37(16-4-1)51-35-52(38-17-5-2-6-18-38)58-56(57-51)41-27-30-46-44-20-9-10-21-45(44)48-24-13-23-43(55(48)50(46)34-41)40-28-31-54-49(33-40)47-22-11-12-25-53(47)59(54)42-29-26-36-14-7-8-19-39(36)32-42/h1-35H. The zero-order valence-corrected chi connectivity index (χ0v) is 32.0. The molecule has 0 aliphatic rings. The van der Waals surface area contributed by atoms with E-state index < -0.39 is 0 Å². The molecule has 10 aromatic carbocycles. The van der Waals surface area contributed by atoms with Gasteiger partial charge in [-0.2, -0.15) is 0 Å². The van der Waals surface area contributed by atoms with Crippen LogP contribution in [0, 0.1) is 0 Å². The van der Waals surface area contributed by atoms with Crippen molar-refractivity contribution in [3.05, 3.63) is 212 Å². The van der Waals surface area contributed by atoms with Gasteiger partial charge < -0.3 is 4.57 Å². The van der Waals surface area contributed by atoms with E-state index in [0.29, 0.717) is 5.82 Å². The van der Waals surface area contributed by atoms with Crippen molar-refractivity contribution >= 4 is 64.9 Å². The molecule has 2 aromatic heterocycles. The molecule has 0 fully saturated rings. The van der Waals surface area contributed by atoms with Gasteiger partial charge in [0.1, 0.15) is 0 Å². The van der Waals surface area contributed by atoms with Crippen LogP contribution in [-0.2, 0) is 0 Å². The molecule has 0 saturated heterocycles. The van der Waals surface area contributed by atoms with Crippen LogP contribution in [0.15, 0.2) is 212 Å². The summed E-state index contributed by atoms with van der Waals surface area (Å²) in [7, 11) is 0. The molecule has 0 unspecified atom stereocenters. The third-order valence-corrected chi connectivity index (χ3v) is 12.0. The van der Waals surface area contributed by atoms with E-state index in [1.54, 1.807) is 0 Å². The molecular weight excluding hydrogens is 715 g/mol. The Bertz CT molecular complexity index is 3550. The van der Waals surface area contributed by atoms with Gasteiger partial charge in [0.25, 0.3) is 0 Å². The molecule has 3 nitrogen and oxygen atoms in total. The molecule has 2 heterocycles. The first-order chi connectivity index (χ1) is 29.2. The molecule has 59 heavy (non-hydrogen) atoms. The predicted octanol–water partition coefficient (Wildman–Crippen LogP) is 14.9. The maximum absolute atomic E-state index is 5.22. The lowest BCUT2D eigenvalue weighted by molar-refractivity contribution is 1.18. The Morgan fingerprint density at radius 3 is 1.64 bits per heavy atom. The second-order valence-electron chi connectivity index (χ2n) is 15.3. The average Bonchev–Trinajstić information content (AvgIpc) is 3.65. The Morgan fingerprint density at radius 2 is 0.881 bits per heavy atom. The highest BCUT2D eigenvalue weighted by atomic mass is 15.0. The van der Waals surface area contributed by atoms with Gasteiger partial charge in [-0.25, -0.2) is 9.97 Å². The third kappa shape index (κ3) is 5.44. The monoisotopic (exact) mass is 749 g/mol. The van der Waals surface area contributed by atoms with Crippen LogP contribution in [0.3, 0.4) is 0 Å². The first-order valence-corrected chi connectivity index (χ1v) is 20.2. The number of para-hydroxylation sites is 1. The molecule has 0 saturated carbocycles. The van der Waals surface area contributed by atoms with Gasteiger partial charge in [0, 0.05) is 33.2 Å². The van der Waals surface area contributed by atoms with Crippen molar-refractivity contribution in [1.82, 2.24) is 14.5 Å². The van der Waals surface area contributed by atoms with Crippen molar-refractivity contribution in [2.45, 2.75) is 0 Å². The molecule has 12 aromatic rings. The van der Waals surface area contributed by atoms with Crippen LogP contribution in [0.5, 0.6) is 0 Å². The Morgan fingerprint density at radius 1 is 0.305 bits per heavy atom. The van der Waals surface area contributed by atoms with E-state index in [9.17, 15) is 0 Å². The Kier molecular flexibility index (Phi) is 7.54. The summed E-state index contributed by atoms with van der Waals surface area (Å²) in [6.07, 6.45) is 0. The van der Waals surface area contributed by atoms with Crippen LogP contribution in [-0.4, -0.2) is 14.5 Å². The Hall–Kier alpha value is -7.88. The van der Waals surface area contributed by atoms with Gasteiger partial charge in [-0.3, -0.25) is 0 Å². The van der Waals surface area contributed by atoms with Crippen LogP contribution in [0.25, 0.3) is 116 Å². The molecule has 0 radical (unpaired) electrons. The SMILES string of the molecule is c1ccc(-c2cc(-c3ccccc3)nc(-c3ccc4c5ccccc5c5cccc(-c6ccc7c(c6)c6ccccc6n7-c6ccc7ccccc7c6)c5c4c3)n2)cc1. The lowest BCUT2D eigenvalue weighted by Gasteiger charge is -2.16. The number of rotatable bonds is 5. The summed E-state index contributed by atoms with van der Waals surface area (Å²) in [6.45, 7) is 0. The summed E-state index contributed by atoms with van der Waals surface area (Å²) in [6, 6.07) is 76.4. The molecule has 274 valence electrons. The van der Waals surface area contributed by atoms with Crippen molar-refractivity contribution < 1.29 is 0 Å². The van der Waals surface area contributed by atoms with E-state index in [4.69, 9.17) is 9.97 Å².